The second-order valence-corrected chi connectivity index (χ2v) is 5.48. The van der Waals surface area contributed by atoms with Crippen molar-refractivity contribution in [3.63, 3.8) is 0 Å². The van der Waals surface area contributed by atoms with Gasteiger partial charge in [0.2, 0.25) is 0 Å². The molecule has 0 fully saturated rings. The summed E-state index contributed by atoms with van der Waals surface area (Å²) in [7, 11) is 0. The first-order valence-corrected chi connectivity index (χ1v) is 6.93. The summed E-state index contributed by atoms with van der Waals surface area (Å²) in [6, 6.07) is 12.0. The van der Waals surface area contributed by atoms with Gasteiger partial charge >= 0.3 is 0 Å². The Kier molecular flexibility index (Phi) is 4.93. The van der Waals surface area contributed by atoms with Crippen LogP contribution < -0.4 is 11.3 Å². The number of nitrogens with one attached hydrogen (secondary N) is 1. The maximum absolute atomic E-state index is 13.9. The Morgan fingerprint density at radius 2 is 1.89 bits per heavy atom. The minimum Gasteiger partial charge on any atom is -0.271 e. The number of halogens is 3. The average molecular weight is 344 g/mol. The summed E-state index contributed by atoms with van der Waals surface area (Å²) >= 11 is 9.20. The van der Waals surface area contributed by atoms with Gasteiger partial charge in [0.15, 0.2) is 0 Å². The molecule has 0 aliphatic heterocycles. The van der Waals surface area contributed by atoms with Gasteiger partial charge in [-0.1, -0.05) is 45.7 Å². The highest BCUT2D eigenvalue weighted by atomic mass is 79.9. The van der Waals surface area contributed by atoms with E-state index in [1.54, 1.807) is 24.3 Å². The van der Waals surface area contributed by atoms with Crippen LogP contribution in [0.2, 0.25) is 5.02 Å². The zero-order chi connectivity index (χ0) is 13.8. The molecule has 0 spiro atoms. The topological polar surface area (TPSA) is 38.0 Å². The second kappa shape index (κ2) is 6.48. The molecule has 0 bridgehead atoms. The summed E-state index contributed by atoms with van der Waals surface area (Å²) in [5, 5.41) is 0.674. The third-order valence-corrected chi connectivity index (χ3v) is 3.85. The molecular weight excluding hydrogens is 331 g/mol. The average Bonchev–Trinajstić information content (AvgIpc) is 2.39. The SMILES string of the molecule is NNC(Cc1ccc(Cl)cc1)c1c(F)cccc1Br. The maximum atomic E-state index is 13.9. The van der Waals surface area contributed by atoms with Crippen LogP contribution >= 0.6 is 27.5 Å². The Balaban J connectivity index is 2.27. The minimum absolute atomic E-state index is 0.286. The van der Waals surface area contributed by atoms with Crippen LogP contribution in [0.5, 0.6) is 0 Å². The van der Waals surface area contributed by atoms with Crippen molar-refractivity contribution in [1.29, 1.82) is 0 Å². The van der Waals surface area contributed by atoms with Crippen molar-refractivity contribution in [2.24, 2.45) is 5.84 Å². The van der Waals surface area contributed by atoms with E-state index in [0.29, 0.717) is 21.5 Å². The number of hydrogen-bond donors (Lipinski definition) is 2. The predicted octanol–water partition coefficient (Wildman–Crippen LogP) is 3.99. The number of rotatable bonds is 4. The third kappa shape index (κ3) is 3.54. The molecule has 0 amide bonds. The summed E-state index contributed by atoms with van der Waals surface area (Å²) < 4.78 is 14.6. The van der Waals surface area contributed by atoms with E-state index in [1.165, 1.54) is 6.07 Å². The van der Waals surface area contributed by atoms with E-state index in [4.69, 9.17) is 17.4 Å². The molecule has 2 rings (SSSR count). The fourth-order valence-corrected chi connectivity index (χ4v) is 2.69. The number of benzene rings is 2. The van der Waals surface area contributed by atoms with Gasteiger partial charge in [0.1, 0.15) is 5.82 Å². The summed E-state index contributed by atoms with van der Waals surface area (Å²) in [5.74, 6) is 5.27. The molecule has 0 radical (unpaired) electrons. The van der Waals surface area contributed by atoms with Crippen LogP contribution in [0.4, 0.5) is 4.39 Å². The van der Waals surface area contributed by atoms with Crippen LogP contribution in [0.3, 0.4) is 0 Å². The second-order valence-electron chi connectivity index (χ2n) is 4.19. The highest BCUT2D eigenvalue weighted by Gasteiger charge is 2.18. The van der Waals surface area contributed by atoms with E-state index in [2.05, 4.69) is 21.4 Å². The van der Waals surface area contributed by atoms with E-state index in [0.717, 1.165) is 5.56 Å². The normalized spacial score (nSPS) is 12.4. The Hall–Kier alpha value is -0.940. The van der Waals surface area contributed by atoms with Gasteiger partial charge < -0.3 is 0 Å². The smallest absolute Gasteiger partial charge is 0.129 e. The van der Waals surface area contributed by atoms with Crippen molar-refractivity contribution in [2.45, 2.75) is 12.5 Å². The van der Waals surface area contributed by atoms with E-state index < -0.39 is 0 Å². The van der Waals surface area contributed by atoms with Crippen LogP contribution in [-0.4, -0.2) is 0 Å². The summed E-state index contributed by atoms with van der Waals surface area (Å²) in [6.07, 6.45) is 0.577. The van der Waals surface area contributed by atoms with Crippen molar-refractivity contribution in [1.82, 2.24) is 5.43 Å². The minimum atomic E-state index is -0.309. The van der Waals surface area contributed by atoms with Crippen LogP contribution in [0.15, 0.2) is 46.9 Å². The van der Waals surface area contributed by atoms with Gasteiger partial charge in [0.05, 0.1) is 6.04 Å². The van der Waals surface area contributed by atoms with Gasteiger partial charge in [-0.3, -0.25) is 11.3 Å². The predicted molar refractivity (Wildman–Crippen MR) is 79.3 cm³/mol. The highest BCUT2D eigenvalue weighted by molar-refractivity contribution is 9.10. The Bertz CT molecular complexity index is 540. The van der Waals surface area contributed by atoms with Gasteiger partial charge in [0, 0.05) is 15.1 Å². The Morgan fingerprint density at radius 3 is 2.47 bits per heavy atom. The molecule has 2 aromatic carbocycles. The van der Waals surface area contributed by atoms with Gasteiger partial charge in [-0.25, -0.2) is 4.39 Å². The third-order valence-electron chi connectivity index (χ3n) is 2.90. The molecule has 5 heteroatoms. The molecule has 2 nitrogen and oxygen atoms in total. The van der Waals surface area contributed by atoms with Crippen molar-refractivity contribution in [3.8, 4) is 0 Å². The molecule has 0 heterocycles. The first-order chi connectivity index (χ1) is 9.11. The summed E-state index contributed by atoms with van der Waals surface area (Å²) in [4.78, 5) is 0. The molecule has 0 saturated heterocycles. The maximum Gasteiger partial charge on any atom is 0.129 e. The van der Waals surface area contributed by atoms with Crippen LogP contribution in [-0.2, 0) is 6.42 Å². The Labute approximate surface area is 124 Å². The van der Waals surface area contributed by atoms with Gasteiger partial charge in [-0.05, 0) is 36.2 Å². The molecule has 19 heavy (non-hydrogen) atoms. The lowest BCUT2D eigenvalue weighted by molar-refractivity contribution is 0.508. The van der Waals surface area contributed by atoms with E-state index in [1.807, 2.05) is 12.1 Å². The monoisotopic (exact) mass is 342 g/mol. The first kappa shape index (κ1) is 14.5. The standard InChI is InChI=1S/C14H13BrClFN2/c15-11-2-1-3-12(17)14(11)13(19-18)8-9-4-6-10(16)7-5-9/h1-7,13,19H,8,18H2. The molecule has 0 aliphatic rings. The van der Waals surface area contributed by atoms with Gasteiger partial charge in [-0.2, -0.15) is 0 Å². The highest BCUT2D eigenvalue weighted by Crippen LogP contribution is 2.28. The first-order valence-electron chi connectivity index (χ1n) is 5.76. The van der Waals surface area contributed by atoms with Crippen molar-refractivity contribution in [2.75, 3.05) is 0 Å². The molecule has 0 aliphatic carbocycles. The molecule has 1 unspecified atom stereocenters. The van der Waals surface area contributed by atoms with Crippen molar-refractivity contribution >= 4 is 27.5 Å². The lowest BCUT2D eigenvalue weighted by atomic mass is 9.99. The van der Waals surface area contributed by atoms with E-state index >= 15 is 0 Å². The van der Waals surface area contributed by atoms with Crippen molar-refractivity contribution < 1.29 is 4.39 Å². The fraction of sp³-hybridized carbons (Fsp3) is 0.143. The zero-order valence-corrected chi connectivity index (χ0v) is 12.4. The lowest BCUT2D eigenvalue weighted by Crippen LogP contribution is -2.30. The van der Waals surface area contributed by atoms with Gasteiger partial charge in [0.25, 0.3) is 0 Å². The fourth-order valence-electron chi connectivity index (χ4n) is 1.94. The molecule has 2 aromatic rings. The molecule has 100 valence electrons. The molecular formula is C14H13BrClFN2. The quantitative estimate of drug-likeness (QED) is 0.651. The van der Waals surface area contributed by atoms with E-state index in [9.17, 15) is 4.39 Å². The van der Waals surface area contributed by atoms with E-state index in [-0.39, 0.29) is 11.9 Å². The Morgan fingerprint density at radius 1 is 1.21 bits per heavy atom. The zero-order valence-electron chi connectivity index (χ0n) is 10.0. The molecule has 0 saturated carbocycles. The van der Waals surface area contributed by atoms with Crippen LogP contribution in [0, 0.1) is 5.82 Å². The largest absolute Gasteiger partial charge is 0.271 e. The summed E-state index contributed by atoms with van der Waals surface area (Å²) in [5.41, 5.74) is 4.22. The van der Waals surface area contributed by atoms with Crippen molar-refractivity contribution in [3.05, 3.63) is 68.9 Å². The number of hydrazine groups is 1. The number of nitrogens with two attached hydrogens (primary N) is 1. The molecule has 3 N–H and O–H groups in total. The molecule has 0 aromatic heterocycles. The van der Waals surface area contributed by atoms with Crippen LogP contribution in [0.25, 0.3) is 0 Å². The van der Waals surface area contributed by atoms with Crippen LogP contribution in [0.1, 0.15) is 17.2 Å². The number of hydrogen-bond acceptors (Lipinski definition) is 2. The van der Waals surface area contributed by atoms with Gasteiger partial charge in [-0.15, -0.1) is 0 Å². The summed E-state index contributed by atoms with van der Waals surface area (Å²) in [6.45, 7) is 0. The lowest BCUT2D eigenvalue weighted by Gasteiger charge is -2.18. The molecule has 1 atom stereocenters.